The van der Waals surface area contributed by atoms with Crippen molar-refractivity contribution in [2.24, 2.45) is 16.7 Å². The molecule has 2 bridgehead atoms. The van der Waals surface area contributed by atoms with Crippen LogP contribution in [0.5, 0.6) is 0 Å². The van der Waals surface area contributed by atoms with E-state index in [1.807, 2.05) is 0 Å². The first kappa shape index (κ1) is 15.3. The fourth-order valence-corrected chi connectivity index (χ4v) is 4.04. The SMILES string of the molecule is CC(C)NC[C@H](O)CO[C@H]1C[C@H]2CC[C@@]1(C)C2(C)C. The van der Waals surface area contributed by atoms with Crippen LogP contribution in [0, 0.1) is 16.7 Å². The van der Waals surface area contributed by atoms with E-state index in [-0.39, 0.29) is 0 Å². The number of hydrogen-bond acceptors (Lipinski definition) is 3. The maximum absolute atomic E-state index is 9.96. The number of aliphatic hydroxyl groups excluding tert-OH is 1. The second-order valence-electron chi connectivity index (χ2n) is 7.65. The quantitative estimate of drug-likeness (QED) is 0.779. The fourth-order valence-electron chi connectivity index (χ4n) is 4.04. The lowest BCUT2D eigenvalue weighted by molar-refractivity contribution is -0.0743. The number of ether oxygens (including phenoxy) is 1. The first-order chi connectivity index (χ1) is 8.77. The normalized spacial score (nSPS) is 38.1. The molecule has 112 valence electrons. The van der Waals surface area contributed by atoms with Crippen LogP contribution in [-0.4, -0.2) is 36.5 Å². The smallest absolute Gasteiger partial charge is 0.0897 e. The van der Waals surface area contributed by atoms with Gasteiger partial charge < -0.3 is 15.2 Å². The van der Waals surface area contributed by atoms with E-state index in [1.165, 1.54) is 19.3 Å². The monoisotopic (exact) mass is 269 g/mol. The number of fused-ring (bicyclic) bond motifs is 2. The van der Waals surface area contributed by atoms with Gasteiger partial charge in [0.15, 0.2) is 0 Å². The highest BCUT2D eigenvalue weighted by atomic mass is 16.5. The van der Waals surface area contributed by atoms with Crippen molar-refractivity contribution in [2.75, 3.05) is 13.2 Å². The summed E-state index contributed by atoms with van der Waals surface area (Å²) in [6.07, 6.45) is 3.73. The lowest BCUT2D eigenvalue weighted by Crippen LogP contribution is -2.40. The highest BCUT2D eigenvalue weighted by Gasteiger charge is 2.61. The van der Waals surface area contributed by atoms with Crippen molar-refractivity contribution in [1.82, 2.24) is 5.32 Å². The Morgan fingerprint density at radius 2 is 2.00 bits per heavy atom. The van der Waals surface area contributed by atoms with Crippen molar-refractivity contribution in [3.63, 3.8) is 0 Å². The third kappa shape index (κ3) is 2.70. The van der Waals surface area contributed by atoms with E-state index < -0.39 is 6.10 Å². The molecule has 2 rings (SSSR count). The minimum atomic E-state index is -0.395. The largest absolute Gasteiger partial charge is 0.389 e. The standard InChI is InChI=1S/C16H31NO2/c1-11(2)17-9-13(18)10-19-14-8-12-6-7-16(14,5)15(12,3)4/h11-14,17-18H,6-10H2,1-5H3/t12-,13+,14+,16-/m1/s1. The van der Waals surface area contributed by atoms with Gasteiger partial charge in [-0.15, -0.1) is 0 Å². The lowest BCUT2D eigenvalue weighted by atomic mass is 9.70. The number of aliphatic hydroxyl groups is 1. The zero-order valence-corrected chi connectivity index (χ0v) is 13.2. The van der Waals surface area contributed by atoms with E-state index in [4.69, 9.17) is 4.74 Å². The fraction of sp³-hybridized carbons (Fsp3) is 1.00. The summed E-state index contributed by atoms with van der Waals surface area (Å²) in [5, 5.41) is 13.2. The van der Waals surface area contributed by atoms with Gasteiger partial charge in [0, 0.05) is 12.6 Å². The van der Waals surface area contributed by atoms with Crippen LogP contribution in [0.4, 0.5) is 0 Å². The van der Waals surface area contributed by atoms with E-state index in [0.29, 0.717) is 36.1 Å². The van der Waals surface area contributed by atoms with Gasteiger partial charge in [-0.2, -0.15) is 0 Å². The lowest BCUT2D eigenvalue weighted by Gasteiger charge is -2.39. The third-order valence-corrected chi connectivity index (χ3v) is 5.97. The summed E-state index contributed by atoms with van der Waals surface area (Å²) >= 11 is 0. The van der Waals surface area contributed by atoms with Gasteiger partial charge in [0.05, 0.1) is 18.8 Å². The average Bonchev–Trinajstić information content (AvgIpc) is 2.66. The van der Waals surface area contributed by atoms with Gasteiger partial charge in [-0.3, -0.25) is 0 Å². The van der Waals surface area contributed by atoms with Crippen LogP contribution >= 0.6 is 0 Å². The summed E-state index contributed by atoms with van der Waals surface area (Å²) in [5.74, 6) is 0.799. The van der Waals surface area contributed by atoms with Gasteiger partial charge in [-0.25, -0.2) is 0 Å². The van der Waals surface area contributed by atoms with Crippen LogP contribution < -0.4 is 5.32 Å². The molecule has 4 atom stereocenters. The Balaban J connectivity index is 1.82. The Kier molecular flexibility index (Phi) is 4.29. The summed E-state index contributed by atoms with van der Waals surface area (Å²) in [6, 6.07) is 0.411. The molecular formula is C16H31NO2. The molecule has 3 nitrogen and oxygen atoms in total. The van der Waals surface area contributed by atoms with Crippen LogP contribution in [0.25, 0.3) is 0 Å². The summed E-state index contributed by atoms with van der Waals surface area (Å²) < 4.78 is 6.08. The molecule has 19 heavy (non-hydrogen) atoms. The van der Waals surface area contributed by atoms with Crippen molar-refractivity contribution >= 4 is 0 Å². The zero-order chi connectivity index (χ0) is 14.3. The highest BCUT2D eigenvalue weighted by molar-refractivity contribution is 5.11. The maximum atomic E-state index is 9.96. The molecule has 0 amide bonds. The summed E-state index contributed by atoms with van der Waals surface area (Å²) in [4.78, 5) is 0. The highest BCUT2D eigenvalue weighted by Crippen LogP contribution is 2.66. The Bertz CT molecular complexity index is 316. The van der Waals surface area contributed by atoms with Gasteiger partial charge in [-0.1, -0.05) is 34.6 Å². The van der Waals surface area contributed by atoms with E-state index >= 15 is 0 Å². The Hall–Kier alpha value is -0.120. The molecule has 2 N–H and O–H groups in total. The zero-order valence-electron chi connectivity index (χ0n) is 13.2. The molecule has 3 heteroatoms. The molecule has 0 heterocycles. The van der Waals surface area contributed by atoms with Crippen LogP contribution in [0.3, 0.4) is 0 Å². The molecule has 2 saturated carbocycles. The minimum Gasteiger partial charge on any atom is -0.389 e. The Morgan fingerprint density at radius 3 is 2.47 bits per heavy atom. The van der Waals surface area contributed by atoms with Crippen molar-refractivity contribution in [3.8, 4) is 0 Å². The van der Waals surface area contributed by atoms with Crippen LogP contribution in [0.1, 0.15) is 53.9 Å². The minimum absolute atomic E-state index is 0.295. The molecule has 0 radical (unpaired) electrons. The van der Waals surface area contributed by atoms with Gasteiger partial charge in [0.1, 0.15) is 0 Å². The predicted octanol–water partition coefficient (Wildman–Crippen LogP) is 2.58. The van der Waals surface area contributed by atoms with Crippen LogP contribution in [0.15, 0.2) is 0 Å². The maximum Gasteiger partial charge on any atom is 0.0897 e. The van der Waals surface area contributed by atoms with Crippen LogP contribution in [0.2, 0.25) is 0 Å². The Morgan fingerprint density at radius 1 is 1.32 bits per heavy atom. The molecule has 0 aliphatic heterocycles. The number of rotatable bonds is 6. The van der Waals surface area contributed by atoms with Crippen LogP contribution in [-0.2, 0) is 4.74 Å². The van der Waals surface area contributed by atoms with E-state index in [1.54, 1.807) is 0 Å². The van der Waals surface area contributed by atoms with Crippen molar-refractivity contribution in [2.45, 2.75) is 72.1 Å². The molecule has 2 aliphatic carbocycles. The van der Waals surface area contributed by atoms with Gasteiger partial charge in [-0.05, 0) is 36.0 Å². The second kappa shape index (κ2) is 5.34. The molecule has 0 aromatic rings. The van der Waals surface area contributed by atoms with Gasteiger partial charge in [0.2, 0.25) is 0 Å². The van der Waals surface area contributed by atoms with E-state index in [0.717, 1.165) is 5.92 Å². The molecule has 2 fully saturated rings. The topological polar surface area (TPSA) is 41.5 Å². The molecule has 0 aromatic carbocycles. The second-order valence-corrected chi connectivity index (χ2v) is 7.65. The number of nitrogens with one attached hydrogen (secondary N) is 1. The predicted molar refractivity (Wildman–Crippen MR) is 78.1 cm³/mol. The summed E-state index contributed by atoms with van der Waals surface area (Å²) in [7, 11) is 0. The average molecular weight is 269 g/mol. The molecule has 0 saturated heterocycles. The number of hydrogen-bond donors (Lipinski definition) is 2. The van der Waals surface area contributed by atoms with Crippen molar-refractivity contribution in [3.05, 3.63) is 0 Å². The molecular weight excluding hydrogens is 238 g/mol. The Labute approximate surface area is 118 Å². The van der Waals surface area contributed by atoms with Crippen molar-refractivity contribution in [1.29, 1.82) is 0 Å². The molecule has 0 aromatic heterocycles. The van der Waals surface area contributed by atoms with E-state index in [2.05, 4.69) is 39.9 Å². The van der Waals surface area contributed by atoms with Gasteiger partial charge >= 0.3 is 0 Å². The summed E-state index contributed by atoms with van der Waals surface area (Å²) in [5.41, 5.74) is 0.682. The van der Waals surface area contributed by atoms with Gasteiger partial charge in [0.25, 0.3) is 0 Å². The molecule has 2 aliphatic rings. The molecule has 0 spiro atoms. The molecule has 0 unspecified atom stereocenters. The summed E-state index contributed by atoms with van der Waals surface area (Å²) in [6.45, 7) is 12.4. The first-order valence-corrected chi connectivity index (χ1v) is 7.80. The first-order valence-electron chi connectivity index (χ1n) is 7.80. The van der Waals surface area contributed by atoms with E-state index in [9.17, 15) is 5.11 Å². The third-order valence-electron chi connectivity index (χ3n) is 5.97. The van der Waals surface area contributed by atoms with Crippen molar-refractivity contribution < 1.29 is 9.84 Å².